The molecule has 0 N–H and O–H groups in total. The first-order valence-corrected chi connectivity index (χ1v) is 4.82. The molecule has 17 heavy (non-hydrogen) atoms. The summed E-state index contributed by atoms with van der Waals surface area (Å²) < 4.78 is 0. The summed E-state index contributed by atoms with van der Waals surface area (Å²) in [6.07, 6.45) is 3.70. The predicted octanol–water partition coefficient (Wildman–Crippen LogP) is 2.32. The molecule has 0 aliphatic rings. The molecule has 0 radical (unpaired) electrons. The van der Waals surface area contributed by atoms with Gasteiger partial charge in [-0.15, -0.1) is 0 Å². The fourth-order valence-electron chi connectivity index (χ4n) is 1.23. The van der Waals surface area contributed by atoms with E-state index in [0.717, 1.165) is 11.1 Å². The molecule has 1 heterocycles. The summed E-state index contributed by atoms with van der Waals surface area (Å²) in [7, 11) is 0. The normalized spacial score (nSPS) is 9.88. The lowest BCUT2D eigenvalue weighted by atomic mass is 10.0. The summed E-state index contributed by atoms with van der Waals surface area (Å²) in [5.41, 5.74) is 2.76. The first-order valence-electron chi connectivity index (χ1n) is 4.82. The number of carbonyl (C=O) groups is 1. The molecule has 0 aromatic carbocycles. The number of pyridine rings is 1. The average Bonchev–Trinajstić information content (AvgIpc) is 2.35. The van der Waals surface area contributed by atoms with Crippen LogP contribution in [-0.2, 0) is 0 Å². The van der Waals surface area contributed by atoms with E-state index < -0.39 is 0 Å². The molecule has 0 amide bonds. The number of aromatic nitrogens is 1. The molecule has 0 atom stereocenters. The topological polar surface area (TPSA) is 66.1 Å². The zero-order valence-corrected chi connectivity index (χ0v) is 9.47. The number of aryl methyl sites for hydroxylation is 1. The van der Waals surface area contributed by atoms with Crippen LogP contribution in [-0.4, -0.2) is 17.5 Å². The number of hydrogen-bond donors (Lipinski definition) is 0. The number of hydrogen-bond acceptors (Lipinski definition) is 4. The SMILES string of the molecule is C=C(C#N)/N=C/C(=C)c1cnc(C=O)cc1C. The third-order valence-electron chi connectivity index (χ3n) is 2.10. The Hall–Kier alpha value is -2.54. The molecule has 4 nitrogen and oxygen atoms in total. The Bertz CT molecular complexity index is 550. The summed E-state index contributed by atoms with van der Waals surface area (Å²) in [5, 5.41) is 8.50. The molecular weight excluding hydrogens is 214 g/mol. The van der Waals surface area contributed by atoms with Crippen LogP contribution in [0.4, 0.5) is 0 Å². The van der Waals surface area contributed by atoms with Crippen molar-refractivity contribution in [3.8, 4) is 6.07 Å². The van der Waals surface area contributed by atoms with Crippen molar-refractivity contribution in [1.82, 2.24) is 4.98 Å². The summed E-state index contributed by atoms with van der Waals surface area (Å²) in [6.45, 7) is 9.10. The van der Waals surface area contributed by atoms with Crippen LogP contribution in [0.3, 0.4) is 0 Å². The van der Waals surface area contributed by atoms with Gasteiger partial charge in [-0.2, -0.15) is 5.26 Å². The van der Waals surface area contributed by atoms with E-state index in [-0.39, 0.29) is 5.70 Å². The van der Waals surface area contributed by atoms with Crippen molar-refractivity contribution in [3.63, 3.8) is 0 Å². The van der Waals surface area contributed by atoms with Gasteiger partial charge in [0.25, 0.3) is 0 Å². The minimum Gasteiger partial charge on any atom is -0.296 e. The monoisotopic (exact) mass is 225 g/mol. The first kappa shape index (κ1) is 12.5. The quantitative estimate of drug-likeness (QED) is 0.448. The highest BCUT2D eigenvalue weighted by Crippen LogP contribution is 2.15. The van der Waals surface area contributed by atoms with Gasteiger partial charge in [0, 0.05) is 18.0 Å². The molecule has 1 aromatic heterocycles. The number of allylic oxidation sites excluding steroid dienone is 2. The van der Waals surface area contributed by atoms with E-state index in [0.29, 0.717) is 17.6 Å². The van der Waals surface area contributed by atoms with Gasteiger partial charge in [0.15, 0.2) is 6.29 Å². The van der Waals surface area contributed by atoms with E-state index in [1.807, 2.05) is 13.0 Å². The Kier molecular flexibility index (Phi) is 4.07. The zero-order chi connectivity index (χ0) is 12.8. The second-order valence-electron chi connectivity index (χ2n) is 3.38. The lowest BCUT2D eigenvalue weighted by Gasteiger charge is -2.04. The highest BCUT2D eigenvalue weighted by molar-refractivity contribution is 6.09. The Labute approximate surface area is 99.6 Å². The van der Waals surface area contributed by atoms with Crippen LogP contribution in [0.15, 0.2) is 36.1 Å². The maximum atomic E-state index is 10.5. The fraction of sp³-hybridized carbons (Fsp3) is 0.0769. The Morgan fingerprint density at radius 1 is 1.59 bits per heavy atom. The number of aldehydes is 1. The Morgan fingerprint density at radius 2 is 2.29 bits per heavy atom. The Balaban J connectivity index is 2.98. The van der Waals surface area contributed by atoms with Gasteiger partial charge in [0.2, 0.25) is 0 Å². The van der Waals surface area contributed by atoms with E-state index in [9.17, 15) is 4.79 Å². The van der Waals surface area contributed by atoms with Crippen molar-refractivity contribution in [3.05, 3.63) is 47.9 Å². The predicted molar refractivity (Wildman–Crippen MR) is 66.6 cm³/mol. The van der Waals surface area contributed by atoms with Gasteiger partial charge in [-0.3, -0.25) is 9.78 Å². The molecule has 0 spiro atoms. The molecule has 0 aliphatic heterocycles. The van der Waals surface area contributed by atoms with Gasteiger partial charge in [0.05, 0.1) is 0 Å². The lowest BCUT2D eigenvalue weighted by Crippen LogP contribution is -1.95. The van der Waals surface area contributed by atoms with Crippen molar-refractivity contribution < 1.29 is 4.79 Å². The van der Waals surface area contributed by atoms with Gasteiger partial charge in [-0.25, -0.2) is 4.99 Å². The molecule has 0 saturated heterocycles. The highest BCUT2D eigenvalue weighted by atomic mass is 16.1. The largest absolute Gasteiger partial charge is 0.296 e. The van der Waals surface area contributed by atoms with Crippen LogP contribution in [0.25, 0.3) is 5.57 Å². The van der Waals surface area contributed by atoms with E-state index in [1.54, 1.807) is 12.3 Å². The number of rotatable bonds is 4. The summed E-state index contributed by atoms with van der Waals surface area (Å²) in [5.74, 6) is 0. The molecule has 84 valence electrons. The first-order chi connectivity index (χ1) is 8.08. The van der Waals surface area contributed by atoms with Gasteiger partial charge < -0.3 is 0 Å². The van der Waals surface area contributed by atoms with Crippen LogP contribution >= 0.6 is 0 Å². The molecule has 0 fully saturated rings. The highest BCUT2D eigenvalue weighted by Gasteiger charge is 2.03. The van der Waals surface area contributed by atoms with Crippen LogP contribution < -0.4 is 0 Å². The van der Waals surface area contributed by atoms with Crippen LogP contribution in [0.5, 0.6) is 0 Å². The third kappa shape index (κ3) is 3.21. The van der Waals surface area contributed by atoms with Gasteiger partial charge in [0.1, 0.15) is 17.5 Å². The Morgan fingerprint density at radius 3 is 2.82 bits per heavy atom. The maximum absolute atomic E-state index is 10.5. The maximum Gasteiger partial charge on any atom is 0.168 e. The summed E-state index contributed by atoms with van der Waals surface area (Å²) in [6, 6.07) is 3.48. The minimum absolute atomic E-state index is 0.112. The molecule has 0 saturated carbocycles. The second kappa shape index (κ2) is 5.52. The smallest absolute Gasteiger partial charge is 0.168 e. The second-order valence-corrected chi connectivity index (χ2v) is 3.38. The molecular formula is C13H11N3O. The molecule has 4 heteroatoms. The molecule has 0 unspecified atom stereocenters. The van der Waals surface area contributed by atoms with Gasteiger partial charge in [-0.05, 0) is 24.1 Å². The van der Waals surface area contributed by atoms with Crippen LogP contribution in [0, 0.1) is 18.3 Å². The van der Waals surface area contributed by atoms with Crippen molar-refractivity contribution in [2.75, 3.05) is 0 Å². The van der Waals surface area contributed by atoms with Gasteiger partial charge in [-0.1, -0.05) is 13.2 Å². The van der Waals surface area contributed by atoms with Crippen molar-refractivity contribution in [2.24, 2.45) is 4.99 Å². The standard InChI is InChI=1S/C13H11N3O/c1-9-4-12(8-17)16-7-13(9)10(2)6-15-11(3)5-14/h4,6-8H,2-3H2,1H3/b15-6+. The van der Waals surface area contributed by atoms with E-state index in [2.05, 4.69) is 23.1 Å². The summed E-state index contributed by atoms with van der Waals surface area (Å²) >= 11 is 0. The fourth-order valence-corrected chi connectivity index (χ4v) is 1.23. The number of nitrogens with zero attached hydrogens (tertiary/aromatic N) is 3. The van der Waals surface area contributed by atoms with Crippen LogP contribution in [0.2, 0.25) is 0 Å². The van der Waals surface area contributed by atoms with E-state index in [1.165, 1.54) is 6.21 Å². The van der Waals surface area contributed by atoms with Crippen LogP contribution in [0.1, 0.15) is 21.6 Å². The minimum atomic E-state index is 0.112. The van der Waals surface area contributed by atoms with E-state index in [4.69, 9.17) is 5.26 Å². The molecule has 1 rings (SSSR count). The molecule has 0 aliphatic carbocycles. The third-order valence-corrected chi connectivity index (χ3v) is 2.10. The van der Waals surface area contributed by atoms with Gasteiger partial charge >= 0.3 is 0 Å². The number of nitriles is 1. The summed E-state index contributed by atoms with van der Waals surface area (Å²) in [4.78, 5) is 18.3. The van der Waals surface area contributed by atoms with E-state index >= 15 is 0 Å². The zero-order valence-electron chi connectivity index (χ0n) is 9.47. The van der Waals surface area contributed by atoms with Crippen molar-refractivity contribution >= 4 is 18.1 Å². The number of carbonyl (C=O) groups excluding carboxylic acids is 1. The molecule has 0 bridgehead atoms. The lowest BCUT2D eigenvalue weighted by molar-refractivity contribution is 0.111. The average molecular weight is 225 g/mol. The molecule has 1 aromatic rings. The van der Waals surface area contributed by atoms with Crippen molar-refractivity contribution in [2.45, 2.75) is 6.92 Å². The number of aliphatic imine (C=N–C) groups is 1. The van der Waals surface area contributed by atoms with Crippen molar-refractivity contribution in [1.29, 1.82) is 5.26 Å².